The Morgan fingerprint density at radius 1 is 0.862 bits per heavy atom. The van der Waals surface area contributed by atoms with E-state index in [1.807, 2.05) is 60.7 Å². The van der Waals surface area contributed by atoms with E-state index in [0.29, 0.717) is 0 Å². The fraction of sp³-hybridized carbons (Fsp3) is 0.292. The van der Waals surface area contributed by atoms with Crippen molar-refractivity contribution in [2.45, 2.75) is 26.1 Å². The van der Waals surface area contributed by atoms with Crippen LogP contribution in [0.4, 0.5) is 0 Å². The molecule has 1 aliphatic carbocycles. The number of carbonyl (C=O) groups is 3. The van der Waals surface area contributed by atoms with Gasteiger partial charge in [-0.05, 0) is 29.9 Å². The smallest absolute Gasteiger partial charge is 0.323 e. The molecule has 0 radical (unpaired) electrons. The summed E-state index contributed by atoms with van der Waals surface area (Å²) in [6.07, 6.45) is 2.62. The van der Waals surface area contributed by atoms with Gasteiger partial charge < -0.3 is 14.3 Å². The van der Waals surface area contributed by atoms with Gasteiger partial charge in [0.1, 0.15) is 19.5 Å². The molecule has 2 aromatic carbocycles. The lowest BCUT2D eigenvalue weighted by Gasteiger charge is -2.25. The summed E-state index contributed by atoms with van der Waals surface area (Å²) in [5, 5.41) is 0. The molecule has 0 bridgehead atoms. The van der Waals surface area contributed by atoms with E-state index in [2.05, 4.69) is 6.58 Å². The molecule has 150 valence electrons. The number of rotatable bonds is 8. The standard InChI is InChI=1S/C24H24O5/c1-2-20-13-24(14-21(20)15-25,22(26)28-16-18-9-5-3-6-10-18)23(27)29-17-19-11-7-4-8-12-19/h2-12,15,20-21H,1,13-14,16-17H2/t20-,21?/m1/s1. The molecular formula is C24H24O5. The summed E-state index contributed by atoms with van der Waals surface area (Å²) in [6.45, 7) is 3.86. The zero-order valence-electron chi connectivity index (χ0n) is 16.2. The first-order valence-corrected chi connectivity index (χ1v) is 9.59. The van der Waals surface area contributed by atoms with Gasteiger partial charge in [-0.1, -0.05) is 66.7 Å². The lowest BCUT2D eigenvalue weighted by atomic mass is 9.85. The summed E-state index contributed by atoms with van der Waals surface area (Å²) in [4.78, 5) is 37.6. The van der Waals surface area contributed by atoms with Crippen LogP contribution in [-0.4, -0.2) is 18.2 Å². The Hall–Kier alpha value is -3.21. The van der Waals surface area contributed by atoms with Crippen LogP contribution in [0.1, 0.15) is 24.0 Å². The van der Waals surface area contributed by atoms with Crippen LogP contribution in [0, 0.1) is 17.3 Å². The molecule has 0 N–H and O–H groups in total. The van der Waals surface area contributed by atoms with Crippen molar-refractivity contribution in [2.24, 2.45) is 17.3 Å². The van der Waals surface area contributed by atoms with E-state index in [1.54, 1.807) is 6.08 Å². The monoisotopic (exact) mass is 392 g/mol. The van der Waals surface area contributed by atoms with E-state index < -0.39 is 23.3 Å². The van der Waals surface area contributed by atoms with Crippen LogP contribution in [-0.2, 0) is 37.1 Å². The number of allylic oxidation sites excluding steroid dienone is 1. The van der Waals surface area contributed by atoms with Crippen molar-refractivity contribution in [3.8, 4) is 0 Å². The number of carbonyl (C=O) groups excluding carboxylic acids is 3. The Kier molecular flexibility index (Phi) is 6.60. The van der Waals surface area contributed by atoms with Crippen molar-refractivity contribution < 1.29 is 23.9 Å². The van der Waals surface area contributed by atoms with Gasteiger partial charge >= 0.3 is 11.9 Å². The highest BCUT2D eigenvalue weighted by Crippen LogP contribution is 2.47. The average Bonchev–Trinajstić information content (AvgIpc) is 3.17. The number of ether oxygens (including phenoxy) is 2. The third kappa shape index (κ3) is 4.62. The number of esters is 2. The quantitative estimate of drug-likeness (QED) is 0.295. The minimum absolute atomic E-state index is 0.0535. The van der Waals surface area contributed by atoms with E-state index in [9.17, 15) is 14.4 Å². The van der Waals surface area contributed by atoms with Crippen LogP contribution in [0.2, 0.25) is 0 Å². The maximum absolute atomic E-state index is 13.0. The Labute approximate surface area is 170 Å². The molecule has 1 aliphatic rings. The summed E-state index contributed by atoms with van der Waals surface area (Å²) in [7, 11) is 0. The van der Waals surface area contributed by atoms with Gasteiger partial charge in [0.05, 0.1) is 0 Å². The van der Waals surface area contributed by atoms with E-state index in [1.165, 1.54) is 0 Å². The summed E-state index contributed by atoms with van der Waals surface area (Å²) >= 11 is 0. The zero-order chi connectivity index (χ0) is 20.7. The van der Waals surface area contributed by atoms with Crippen molar-refractivity contribution in [1.82, 2.24) is 0 Å². The SMILES string of the molecule is C=C[C@@H]1CC(C(=O)OCc2ccccc2)(C(=O)OCc2ccccc2)CC1C=O. The highest BCUT2D eigenvalue weighted by Gasteiger charge is 2.57. The molecule has 0 saturated heterocycles. The number of benzene rings is 2. The molecule has 0 amide bonds. The Morgan fingerprint density at radius 2 is 1.31 bits per heavy atom. The van der Waals surface area contributed by atoms with Gasteiger partial charge in [-0.15, -0.1) is 6.58 Å². The van der Waals surface area contributed by atoms with Crippen LogP contribution >= 0.6 is 0 Å². The fourth-order valence-electron chi connectivity index (χ4n) is 3.74. The molecule has 5 heteroatoms. The summed E-state index contributed by atoms with van der Waals surface area (Å²) in [6, 6.07) is 18.5. The third-order valence-corrected chi connectivity index (χ3v) is 5.40. The molecule has 1 saturated carbocycles. The first-order valence-electron chi connectivity index (χ1n) is 9.59. The maximum atomic E-state index is 13.0. The van der Waals surface area contributed by atoms with Crippen LogP contribution in [0.25, 0.3) is 0 Å². The predicted molar refractivity (Wildman–Crippen MR) is 107 cm³/mol. The van der Waals surface area contributed by atoms with Gasteiger partial charge in [0.2, 0.25) is 0 Å². The predicted octanol–water partition coefficient (Wildman–Crippen LogP) is 3.87. The summed E-state index contributed by atoms with van der Waals surface area (Å²) in [5.41, 5.74) is 0.131. The minimum atomic E-state index is -1.51. The molecule has 0 aromatic heterocycles. The number of hydrogen-bond donors (Lipinski definition) is 0. The lowest BCUT2D eigenvalue weighted by molar-refractivity contribution is -0.174. The van der Waals surface area contributed by atoms with Crippen LogP contribution in [0.3, 0.4) is 0 Å². The molecule has 2 atom stereocenters. The van der Waals surface area contributed by atoms with Gasteiger partial charge in [-0.25, -0.2) is 0 Å². The van der Waals surface area contributed by atoms with E-state index >= 15 is 0 Å². The van der Waals surface area contributed by atoms with Crippen LogP contribution < -0.4 is 0 Å². The molecule has 1 fully saturated rings. The Morgan fingerprint density at radius 3 is 1.69 bits per heavy atom. The second-order valence-corrected chi connectivity index (χ2v) is 7.31. The summed E-state index contributed by atoms with van der Waals surface area (Å²) < 4.78 is 11.0. The topological polar surface area (TPSA) is 69.7 Å². The lowest BCUT2D eigenvalue weighted by Crippen LogP contribution is -2.40. The van der Waals surface area contributed by atoms with Gasteiger partial charge in [-0.3, -0.25) is 9.59 Å². The molecule has 29 heavy (non-hydrogen) atoms. The molecule has 0 aliphatic heterocycles. The third-order valence-electron chi connectivity index (χ3n) is 5.40. The van der Waals surface area contributed by atoms with Crippen molar-refractivity contribution in [2.75, 3.05) is 0 Å². The van der Waals surface area contributed by atoms with Crippen LogP contribution in [0.15, 0.2) is 73.3 Å². The van der Waals surface area contributed by atoms with Gasteiger partial charge in [0.15, 0.2) is 5.41 Å². The second-order valence-electron chi connectivity index (χ2n) is 7.31. The van der Waals surface area contributed by atoms with Crippen molar-refractivity contribution >= 4 is 18.2 Å². The number of hydrogen-bond acceptors (Lipinski definition) is 5. The first-order chi connectivity index (χ1) is 14.1. The highest BCUT2D eigenvalue weighted by atomic mass is 16.6. The minimum Gasteiger partial charge on any atom is -0.460 e. The molecule has 0 spiro atoms. The normalized spacial score (nSPS) is 19.9. The molecule has 2 aromatic rings. The van der Waals surface area contributed by atoms with E-state index in [4.69, 9.17) is 9.47 Å². The largest absolute Gasteiger partial charge is 0.460 e. The van der Waals surface area contributed by atoms with Crippen molar-refractivity contribution in [1.29, 1.82) is 0 Å². The van der Waals surface area contributed by atoms with E-state index in [0.717, 1.165) is 17.4 Å². The molecule has 3 rings (SSSR count). The number of aldehydes is 1. The van der Waals surface area contributed by atoms with Crippen molar-refractivity contribution in [3.63, 3.8) is 0 Å². The average molecular weight is 392 g/mol. The van der Waals surface area contributed by atoms with Gasteiger partial charge in [0, 0.05) is 5.92 Å². The fourth-order valence-corrected chi connectivity index (χ4v) is 3.74. The van der Waals surface area contributed by atoms with Crippen molar-refractivity contribution in [3.05, 3.63) is 84.4 Å². The molecule has 5 nitrogen and oxygen atoms in total. The van der Waals surface area contributed by atoms with Crippen LogP contribution in [0.5, 0.6) is 0 Å². The molecule has 0 heterocycles. The zero-order valence-corrected chi connectivity index (χ0v) is 16.2. The van der Waals surface area contributed by atoms with Gasteiger partial charge in [0.25, 0.3) is 0 Å². The van der Waals surface area contributed by atoms with E-state index in [-0.39, 0.29) is 32.0 Å². The molecule has 1 unspecified atom stereocenters. The highest BCUT2D eigenvalue weighted by molar-refractivity contribution is 6.01. The Balaban J connectivity index is 1.77. The Bertz CT molecular complexity index is 786. The summed E-state index contributed by atoms with van der Waals surface area (Å²) in [5.74, 6) is -2.06. The molecular weight excluding hydrogens is 368 g/mol. The maximum Gasteiger partial charge on any atom is 0.323 e. The first kappa shape index (κ1) is 20.5. The van der Waals surface area contributed by atoms with Gasteiger partial charge in [-0.2, -0.15) is 0 Å². The second kappa shape index (κ2) is 9.32.